The van der Waals surface area contributed by atoms with Crippen LogP contribution in [0.4, 0.5) is 0 Å². The minimum Gasteiger partial charge on any atom is -0.355 e. The fraction of sp³-hybridized carbons (Fsp3) is 0.571. The van der Waals surface area contributed by atoms with Crippen molar-refractivity contribution in [2.75, 3.05) is 13.1 Å². The maximum Gasteiger partial charge on any atom is 0.233 e. The first-order chi connectivity index (χ1) is 8.59. The van der Waals surface area contributed by atoms with E-state index in [1.54, 1.807) is 12.4 Å². The minimum atomic E-state index is 0.0524. The third kappa shape index (κ3) is 5.77. The van der Waals surface area contributed by atoms with Gasteiger partial charge in [-0.1, -0.05) is 13.8 Å². The highest BCUT2D eigenvalue weighted by Crippen LogP contribution is 2.09. The van der Waals surface area contributed by atoms with Crippen molar-refractivity contribution in [1.29, 1.82) is 0 Å². The van der Waals surface area contributed by atoms with Gasteiger partial charge in [0.25, 0.3) is 0 Å². The van der Waals surface area contributed by atoms with Crippen LogP contribution in [-0.2, 0) is 4.79 Å². The van der Waals surface area contributed by atoms with Crippen molar-refractivity contribution in [1.82, 2.24) is 15.6 Å². The monoisotopic (exact) mass is 249 g/mol. The molecular weight excluding hydrogens is 226 g/mol. The predicted octanol–water partition coefficient (Wildman–Crippen LogP) is 1.89. The second kappa shape index (κ2) is 7.82. The first kappa shape index (κ1) is 14.6. The highest BCUT2D eigenvalue weighted by molar-refractivity contribution is 5.77. The van der Waals surface area contributed by atoms with Crippen LogP contribution in [-0.4, -0.2) is 24.0 Å². The topological polar surface area (TPSA) is 54.0 Å². The highest BCUT2D eigenvalue weighted by Gasteiger charge is 2.07. The molecule has 1 amide bonds. The van der Waals surface area contributed by atoms with Crippen molar-refractivity contribution >= 4 is 5.91 Å². The lowest BCUT2D eigenvalue weighted by atomic mass is 10.1. The number of hydrogen-bond donors (Lipinski definition) is 2. The second-order valence-corrected chi connectivity index (χ2v) is 4.92. The normalized spacial score (nSPS) is 12.4. The minimum absolute atomic E-state index is 0.0524. The van der Waals surface area contributed by atoms with Crippen molar-refractivity contribution in [3.05, 3.63) is 30.1 Å². The first-order valence-corrected chi connectivity index (χ1v) is 6.49. The molecule has 18 heavy (non-hydrogen) atoms. The Hall–Kier alpha value is -1.42. The van der Waals surface area contributed by atoms with E-state index in [2.05, 4.69) is 29.5 Å². The molecule has 1 rings (SSSR count). The number of amides is 1. The van der Waals surface area contributed by atoms with Crippen LogP contribution in [0.25, 0.3) is 0 Å². The highest BCUT2D eigenvalue weighted by atomic mass is 16.1. The summed E-state index contributed by atoms with van der Waals surface area (Å²) in [5, 5.41) is 6.10. The smallest absolute Gasteiger partial charge is 0.233 e. The number of nitrogens with one attached hydrogen (secondary N) is 2. The lowest BCUT2D eigenvalue weighted by Gasteiger charge is -2.14. The van der Waals surface area contributed by atoms with Gasteiger partial charge in [0, 0.05) is 25.0 Å². The van der Waals surface area contributed by atoms with Gasteiger partial charge in [0.15, 0.2) is 0 Å². The van der Waals surface area contributed by atoms with E-state index in [1.807, 2.05) is 19.1 Å². The summed E-state index contributed by atoms with van der Waals surface area (Å²) in [5.41, 5.74) is 1.14. The largest absolute Gasteiger partial charge is 0.355 e. The van der Waals surface area contributed by atoms with Crippen LogP contribution < -0.4 is 10.6 Å². The summed E-state index contributed by atoms with van der Waals surface area (Å²) in [6, 6.07) is 4.06. The zero-order valence-corrected chi connectivity index (χ0v) is 11.4. The van der Waals surface area contributed by atoms with Gasteiger partial charge >= 0.3 is 0 Å². The van der Waals surface area contributed by atoms with Gasteiger partial charge < -0.3 is 10.6 Å². The molecule has 0 bridgehead atoms. The molecule has 0 aliphatic carbocycles. The first-order valence-electron chi connectivity index (χ1n) is 6.49. The van der Waals surface area contributed by atoms with Crippen molar-refractivity contribution in [2.24, 2.45) is 5.92 Å². The van der Waals surface area contributed by atoms with E-state index in [4.69, 9.17) is 0 Å². The number of pyridine rings is 1. The third-order valence-corrected chi connectivity index (χ3v) is 2.82. The van der Waals surface area contributed by atoms with E-state index in [0.717, 1.165) is 18.5 Å². The standard InChI is InChI=1S/C14H23N3O/c1-11(2)4-9-16-14(18)10-17-12(3)13-5-7-15-8-6-13/h5-8,11-12,17H,4,9-10H2,1-3H3,(H,16,18). The summed E-state index contributed by atoms with van der Waals surface area (Å²) < 4.78 is 0. The van der Waals surface area contributed by atoms with Gasteiger partial charge in [0.1, 0.15) is 0 Å². The average Bonchev–Trinajstić information content (AvgIpc) is 2.36. The summed E-state index contributed by atoms with van der Waals surface area (Å²) >= 11 is 0. The Bertz CT molecular complexity index is 351. The molecule has 0 saturated carbocycles. The number of hydrogen-bond acceptors (Lipinski definition) is 3. The molecule has 4 nitrogen and oxygen atoms in total. The lowest BCUT2D eigenvalue weighted by Crippen LogP contribution is -2.35. The molecule has 2 N–H and O–H groups in total. The summed E-state index contributed by atoms with van der Waals surface area (Å²) in [6.07, 6.45) is 4.54. The van der Waals surface area contributed by atoms with Gasteiger partial charge in [-0.15, -0.1) is 0 Å². The Morgan fingerprint density at radius 1 is 1.28 bits per heavy atom. The molecule has 0 aliphatic rings. The average molecular weight is 249 g/mol. The van der Waals surface area contributed by atoms with Gasteiger partial charge in [0.05, 0.1) is 6.54 Å². The van der Waals surface area contributed by atoms with Gasteiger partial charge in [-0.3, -0.25) is 9.78 Å². The molecule has 0 radical (unpaired) electrons. The van der Waals surface area contributed by atoms with Gasteiger partial charge in [-0.25, -0.2) is 0 Å². The predicted molar refractivity (Wildman–Crippen MR) is 73.1 cm³/mol. The molecule has 0 fully saturated rings. The number of nitrogens with zero attached hydrogens (tertiary/aromatic N) is 1. The fourth-order valence-electron chi connectivity index (χ4n) is 1.58. The van der Waals surface area contributed by atoms with Crippen LogP contribution in [0.15, 0.2) is 24.5 Å². The molecule has 1 aromatic heterocycles. The Labute approximate surface area is 109 Å². The van der Waals surface area contributed by atoms with Crippen LogP contribution in [0.1, 0.15) is 38.8 Å². The van der Waals surface area contributed by atoms with Crippen LogP contribution in [0, 0.1) is 5.92 Å². The summed E-state index contributed by atoms with van der Waals surface area (Å²) in [7, 11) is 0. The fourth-order valence-corrected chi connectivity index (χ4v) is 1.58. The third-order valence-electron chi connectivity index (χ3n) is 2.82. The Morgan fingerprint density at radius 2 is 1.94 bits per heavy atom. The summed E-state index contributed by atoms with van der Waals surface area (Å²) in [5.74, 6) is 0.672. The Balaban J connectivity index is 2.22. The van der Waals surface area contributed by atoms with E-state index >= 15 is 0 Å². The molecule has 0 aromatic carbocycles. The van der Waals surface area contributed by atoms with Crippen molar-refractivity contribution < 1.29 is 4.79 Å². The number of rotatable bonds is 7. The molecule has 100 valence electrons. The second-order valence-electron chi connectivity index (χ2n) is 4.92. The lowest BCUT2D eigenvalue weighted by molar-refractivity contribution is -0.120. The van der Waals surface area contributed by atoms with Gasteiger partial charge in [-0.2, -0.15) is 0 Å². The van der Waals surface area contributed by atoms with Crippen LogP contribution >= 0.6 is 0 Å². The molecular formula is C14H23N3O. The van der Waals surface area contributed by atoms with E-state index < -0.39 is 0 Å². The Kier molecular flexibility index (Phi) is 6.36. The van der Waals surface area contributed by atoms with Crippen molar-refractivity contribution in [3.8, 4) is 0 Å². The molecule has 0 spiro atoms. The molecule has 1 atom stereocenters. The zero-order chi connectivity index (χ0) is 13.4. The maximum atomic E-state index is 11.6. The quantitative estimate of drug-likeness (QED) is 0.776. The molecule has 1 unspecified atom stereocenters. The molecule has 0 saturated heterocycles. The summed E-state index contributed by atoms with van der Waals surface area (Å²) in [4.78, 5) is 15.5. The Morgan fingerprint density at radius 3 is 2.56 bits per heavy atom. The zero-order valence-electron chi connectivity index (χ0n) is 11.4. The van der Waals surface area contributed by atoms with Gasteiger partial charge in [0.2, 0.25) is 5.91 Å². The maximum absolute atomic E-state index is 11.6. The van der Waals surface area contributed by atoms with E-state index in [-0.39, 0.29) is 11.9 Å². The number of carbonyl (C=O) groups is 1. The molecule has 4 heteroatoms. The van der Waals surface area contributed by atoms with Gasteiger partial charge in [-0.05, 0) is 37.0 Å². The van der Waals surface area contributed by atoms with E-state index in [1.165, 1.54) is 0 Å². The van der Waals surface area contributed by atoms with Crippen molar-refractivity contribution in [2.45, 2.75) is 33.2 Å². The van der Waals surface area contributed by atoms with E-state index in [0.29, 0.717) is 12.5 Å². The number of carbonyl (C=O) groups excluding carboxylic acids is 1. The molecule has 1 heterocycles. The van der Waals surface area contributed by atoms with Crippen LogP contribution in [0.5, 0.6) is 0 Å². The molecule has 0 aliphatic heterocycles. The van der Waals surface area contributed by atoms with E-state index in [9.17, 15) is 4.79 Å². The van der Waals surface area contributed by atoms with Crippen LogP contribution in [0.2, 0.25) is 0 Å². The van der Waals surface area contributed by atoms with Crippen molar-refractivity contribution in [3.63, 3.8) is 0 Å². The van der Waals surface area contributed by atoms with Crippen LogP contribution in [0.3, 0.4) is 0 Å². The molecule has 1 aromatic rings. The number of aromatic nitrogens is 1. The summed E-state index contributed by atoms with van der Waals surface area (Å²) in [6.45, 7) is 7.44. The SMILES string of the molecule is CC(C)CCNC(=O)CNC(C)c1ccncc1.